The van der Waals surface area contributed by atoms with Crippen LogP contribution in [0.15, 0.2) is 28.7 Å². The second kappa shape index (κ2) is 7.77. The van der Waals surface area contributed by atoms with Gasteiger partial charge in [-0.3, -0.25) is 4.79 Å². The predicted octanol–water partition coefficient (Wildman–Crippen LogP) is 3.55. The Labute approximate surface area is 139 Å². The van der Waals surface area contributed by atoms with Crippen molar-refractivity contribution in [2.24, 2.45) is 11.8 Å². The number of nitrogens with one attached hydrogen (secondary N) is 1. The zero-order chi connectivity index (χ0) is 16.1. The largest absolute Gasteiger partial charge is 0.452 e. The van der Waals surface area contributed by atoms with Crippen LogP contribution in [0.3, 0.4) is 0 Å². The fourth-order valence-electron chi connectivity index (χ4n) is 2.86. The molecule has 0 bridgehead atoms. The van der Waals surface area contributed by atoms with Gasteiger partial charge < -0.3 is 10.1 Å². The number of hydrogen-bond acceptors (Lipinski definition) is 3. The minimum atomic E-state index is -0.485. The summed E-state index contributed by atoms with van der Waals surface area (Å²) in [6, 6.07) is 7.10. The van der Waals surface area contributed by atoms with E-state index in [2.05, 4.69) is 35.1 Å². The SMILES string of the molecule is C[C@@H]1[C@@H](C)CCC[C@H]1NC(=O)COC(=O)c1cccc(Br)c1. The molecule has 1 aromatic carbocycles. The summed E-state index contributed by atoms with van der Waals surface area (Å²) in [5.41, 5.74) is 0.432. The summed E-state index contributed by atoms with van der Waals surface area (Å²) in [4.78, 5) is 23.9. The maximum absolute atomic E-state index is 12.0. The van der Waals surface area contributed by atoms with E-state index in [9.17, 15) is 9.59 Å². The number of halogens is 1. The molecule has 2 rings (SSSR count). The van der Waals surface area contributed by atoms with Crippen molar-refractivity contribution in [2.75, 3.05) is 6.61 Å². The fraction of sp³-hybridized carbons (Fsp3) is 0.529. The summed E-state index contributed by atoms with van der Waals surface area (Å²) in [5, 5.41) is 2.99. The van der Waals surface area contributed by atoms with Gasteiger partial charge in [-0.15, -0.1) is 0 Å². The monoisotopic (exact) mass is 367 g/mol. The lowest BCUT2D eigenvalue weighted by molar-refractivity contribution is -0.125. The first-order valence-corrected chi connectivity index (χ1v) is 8.48. The number of carbonyl (C=O) groups excluding carboxylic acids is 2. The summed E-state index contributed by atoms with van der Waals surface area (Å²) in [7, 11) is 0. The highest BCUT2D eigenvalue weighted by Gasteiger charge is 2.28. The summed E-state index contributed by atoms with van der Waals surface area (Å²) >= 11 is 3.30. The second-order valence-electron chi connectivity index (χ2n) is 6.03. The van der Waals surface area contributed by atoms with Gasteiger partial charge in [0, 0.05) is 10.5 Å². The molecule has 1 aromatic rings. The molecule has 120 valence electrons. The van der Waals surface area contributed by atoms with E-state index in [0.717, 1.165) is 17.3 Å². The highest BCUT2D eigenvalue weighted by Crippen LogP contribution is 2.29. The predicted molar refractivity (Wildman–Crippen MR) is 88.5 cm³/mol. The van der Waals surface area contributed by atoms with Crippen molar-refractivity contribution < 1.29 is 14.3 Å². The van der Waals surface area contributed by atoms with Crippen LogP contribution in [0.4, 0.5) is 0 Å². The Kier molecular flexibility index (Phi) is 6.00. The number of rotatable bonds is 4. The van der Waals surface area contributed by atoms with E-state index in [1.165, 1.54) is 6.42 Å². The Morgan fingerprint density at radius 1 is 1.32 bits per heavy atom. The van der Waals surface area contributed by atoms with Crippen molar-refractivity contribution in [3.8, 4) is 0 Å². The average molecular weight is 368 g/mol. The topological polar surface area (TPSA) is 55.4 Å². The Balaban J connectivity index is 1.81. The molecule has 0 saturated heterocycles. The van der Waals surface area contributed by atoms with Gasteiger partial charge in [-0.2, -0.15) is 0 Å². The Bertz CT molecular complexity index is 546. The zero-order valence-electron chi connectivity index (χ0n) is 13.0. The molecule has 1 aliphatic carbocycles. The number of benzene rings is 1. The minimum Gasteiger partial charge on any atom is -0.452 e. The zero-order valence-corrected chi connectivity index (χ0v) is 14.6. The third-order valence-corrected chi connectivity index (χ3v) is 4.94. The standard InChI is InChI=1S/C17H22BrNO3/c1-11-5-3-8-15(12(11)2)19-16(20)10-22-17(21)13-6-4-7-14(18)9-13/h4,6-7,9,11-12,15H,3,5,8,10H2,1-2H3,(H,19,20)/t11-,12+,15+/m0/s1. The van der Waals surface area contributed by atoms with Crippen molar-refractivity contribution in [3.05, 3.63) is 34.3 Å². The Morgan fingerprint density at radius 3 is 2.82 bits per heavy atom. The van der Waals surface area contributed by atoms with Crippen LogP contribution in [-0.2, 0) is 9.53 Å². The summed E-state index contributed by atoms with van der Waals surface area (Å²) in [6.45, 7) is 4.15. The summed E-state index contributed by atoms with van der Waals surface area (Å²) < 4.78 is 5.88. The summed E-state index contributed by atoms with van der Waals surface area (Å²) in [6.07, 6.45) is 3.34. The molecule has 4 nitrogen and oxygen atoms in total. The quantitative estimate of drug-likeness (QED) is 0.827. The molecule has 3 atom stereocenters. The molecule has 0 radical (unpaired) electrons. The van der Waals surface area contributed by atoms with Gasteiger partial charge in [0.1, 0.15) is 0 Å². The van der Waals surface area contributed by atoms with Crippen LogP contribution in [0.25, 0.3) is 0 Å². The van der Waals surface area contributed by atoms with Crippen LogP contribution in [0.2, 0.25) is 0 Å². The molecule has 5 heteroatoms. The van der Waals surface area contributed by atoms with E-state index < -0.39 is 5.97 Å². The first-order valence-electron chi connectivity index (χ1n) is 7.69. The van der Waals surface area contributed by atoms with E-state index >= 15 is 0 Å². The molecule has 0 aliphatic heterocycles. The van der Waals surface area contributed by atoms with E-state index in [4.69, 9.17) is 4.74 Å². The molecule has 0 unspecified atom stereocenters. The van der Waals surface area contributed by atoms with Gasteiger partial charge in [-0.1, -0.05) is 48.7 Å². The van der Waals surface area contributed by atoms with Crippen LogP contribution >= 0.6 is 15.9 Å². The number of hydrogen-bond donors (Lipinski definition) is 1. The first-order chi connectivity index (χ1) is 10.5. The lowest BCUT2D eigenvalue weighted by Crippen LogP contribution is -2.45. The van der Waals surface area contributed by atoms with Crippen molar-refractivity contribution in [2.45, 2.75) is 39.2 Å². The smallest absolute Gasteiger partial charge is 0.338 e. The van der Waals surface area contributed by atoms with Crippen molar-refractivity contribution in [1.82, 2.24) is 5.32 Å². The van der Waals surface area contributed by atoms with Gasteiger partial charge in [0.2, 0.25) is 0 Å². The molecule has 0 spiro atoms. The van der Waals surface area contributed by atoms with Crippen molar-refractivity contribution in [1.29, 1.82) is 0 Å². The van der Waals surface area contributed by atoms with Crippen LogP contribution in [0, 0.1) is 11.8 Å². The highest BCUT2D eigenvalue weighted by molar-refractivity contribution is 9.10. The molecule has 22 heavy (non-hydrogen) atoms. The Morgan fingerprint density at radius 2 is 2.09 bits per heavy atom. The minimum absolute atomic E-state index is 0.181. The highest BCUT2D eigenvalue weighted by atomic mass is 79.9. The molecule has 0 aromatic heterocycles. The number of amides is 1. The number of esters is 1. The molecule has 0 heterocycles. The van der Waals surface area contributed by atoms with Gasteiger partial charge >= 0.3 is 5.97 Å². The van der Waals surface area contributed by atoms with E-state index in [-0.39, 0.29) is 18.6 Å². The fourth-order valence-corrected chi connectivity index (χ4v) is 3.26. The van der Waals surface area contributed by atoms with E-state index in [1.807, 2.05) is 6.07 Å². The third kappa shape index (κ3) is 4.57. The van der Waals surface area contributed by atoms with E-state index in [1.54, 1.807) is 18.2 Å². The molecule has 1 aliphatic rings. The van der Waals surface area contributed by atoms with Crippen molar-refractivity contribution in [3.63, 3.8) is 0 Å². The summed E-state index contributed by atoms with van der Waals surface area (Å²) in [5.74, 6) is 0.359. The third-order valence-electron chi connectivity index (χ3n) is 4.45. The lowest BCUT2D eigenvalue weighted by atomic mass is 9.78. The molecular formula is C17H22BrNO3. The van der Waals surface area contributed by atoms with E-state index in [0.29, 0.717) is 17.4 Å². The maximum atomic E-state index is 12.0. The van der Waals surface area contributed by atoms with Gasteiger partial charge in [0.05, 0.1) is 5.56 Å². The maximum Gasteiger partial charge on any atom is 0.338 e. The number of carbonyl (C=O) groups is 2. The molecule has 1 fully saturated rings. The first kappa shape index (κ1) is 17.0. The van der Waals surface area contributed by atoms with Gasteiger partial charge in [0.15, 0.2) is 6.61 Å². The molecule has 1 N–H and O–H groups in total. The van der Waals surface area contributed by atoms with Crippen LogP contribution in [0.1, 0.15) is 43.5 Å². The van der Waals surface area contributed by atoms with Crippen LogP contribution in [-0.4, -0.2) is 24.5 Å². The van der Waals surface area contributed by atoms with Crippen LogP contribution < -0.4 is 5.32 Å². The second-order valence-corrected chi connectivity index (χ2v) is 6.94. The van der Waals surface area contributed by atoms with Crippen LogP contribution in [0.5, 0.6) is 0 Å². The molecule has 1 saturated carbocycles. The Hall–Kier alpha value is -1.36. The average Bonchev–Trinajstić information content (AvgIpc) is 2.49. The normalized spacial score (nSPS) is 24.6. The lowest BCUT2D eigenvalue weighted by Gasteiger charge is -2.34. The molecular weight excluding hydrogens is 346 g/mol. The van der Waals surface area contributed by atoms with Gasteiger partial charge in [0.25, 0.3) is 5.91 Å². The van der Waals surface area contributed by atoms with Gasteiger partial charge in [-0.25, -0.2) is 4.79 Å². The molecule has 1 amide bonds. The number of ether oxygens (including phenoxy) is 1. The van der Waals surface area contributed by atoms with Crippen molar-refractivity contribution >= 4 is 27.8 Å². The van der Waals surface area contributed by atoms with Gasteiger partial charge in [-0.05, 0) is 36.5 Å².